The molecule has 0 aliphatic carbocycles. The number of aromatic nitrogens is 17. The van der Waals surface area contributed by atoms with E-state index in [4.69, 9.17) is 81.3 Å². The van der Waals surface area contributed by atoms with Gasteiger partial charge in [0.05, 0.1) is 51.6 Å². The quantitative estimate of drug-likeness (QED) is 0.0727. The summed E-state index contributed by atoms with van der Waals surface area (Å²) in [5, 5.41) is 14.7. The summed E-state index contributed by atoms with van der Waals surface area (Å²) >= 11 is 0. The van der Waals surface area contributed by atoms with E-state index in [9.17, 15) is 5.26 Å². The lowest BCUT2D eigenvalue weighted by Crippen LogP contribution is -2.06. The van der Waals surface area contributed by atoms with Crippen LogP contribution in [-0.2, 0) is 0 Å². The van der Waals surface area contributed by atoms with E-state index in [1.807, 2.05) is 328 Å². The average molecular weight is 1690 g/mol. The number of para-hydroxylation sites is 1. The Labute approximate surface area is 756 Å². The topological polar surface area (TPSA) is 231 Å². The van der Waals surface area contributed by atoms with Crippen molar-refractivity contribution in [2.75, 3.05) is 0 Å². The summed E-state index contributed by atoms with van der Waals surface area (Å²) in [6.07, 6.45) is 0. The van der Waals surface area contributed by atoms with Gasteiger partial charge in [-0.05, 0) is 114 Å². The number of nitriles is 1. The van der Waals surface area contributed by atoms with Crippen molar-refractivity contribution >= 4 is 49.3 Å². The van der Waals surface area contributed by atoms with Crippen LogP contribution < -0.4 is 0 Å². The van der Waals surface area contributed by atoms with Gasteiger partial charge in [0.2, 0.25) is 0 Å². The lowest BCUT2D eigenvalue weighted by molar-refractivity contribution is 1.06. The Morgan fingerprint density at radius 1 is 0.189 bits per heavy atom. The Morgan fingerprint density at radius 3 is 0.659 bits per heavy atom. The highest BCUT2D eigenvalue weighted by molar-refractivity contribution is 6.14. The van der Waals surface area contributed by atoms with Crippen LogP contribution in [0.5, 0.6) is 0 Å². The van der Waals surface area contributed by atoms with Gasteiger partial charge in [0.25, 0.3) is 0 Å². The molecule has 0 N–H and O–H groups in total. The van der Waals surface area contributed by atoms with Crippen molar-refractivity contribution in [2.45, 2.75) is 0 Å². The maximum Gasteiger partial charge on any atom is 0.194 e. The number of nitrogens with zero attached hydrogens (tertiary/aromatic N) is 19. The van der Waals surface area contributed by atoms with Crippen molar-refractivity contribution in [1.82, 2.24) is 83.9 Å². The van der Waals surface area contributed by atoms with Gasteiger partial charge >= 0.3 is 0 Å². The largest absolute Gasteiger partial charge is 0.308 e. The van der Waals surface area contributed by atoms with Crippen molar-refractivity contribution in [1.29, 1.82) is 5.26 Å². The summed E-state index contributed by atoms with van der Waals surface area (Å²) in [6, 6.07) is 137. The van der Waals surface area contributed by atoms with Gasteiger partial charge in [-0.2, -0.15) is 5.26 Å². The summed E-state index contributed by atoms with van der Waals surface area (Å²) < 4.78 is 4.45. The number of hydrogen-bond donors (Lipinski definition) is 0. The van der Waals surface area contributed by atoms with E-state index in [0.717, 1.165) is 116 Å². The second-order valence-corrected chi connectivity index (χ2v) is 31.6. The molecule has 0 amide bonds. The third kappa shape index (κ3) is 14.8. The van der Waals surface area contributed by atoms with E-state index >= 15 is 0 Å². The maximum absolute atomic E-state index is 11.3. The molecule has 0 radical (unpaired) electrons. The fourth-order valence-electron chi connectivity index (χ4n) is 17.1. The Bertz CT molecular complexity index is 7910. The predicted molar refractivity (Wildman–Crippen MR) is 520 cm³/mol. The number of benzene rings is 16. The van der Waals surface area contributed by atoms with Crippen LogP contribution in [0.1, 0.15) is 5.56 Å². The van der Waals surface area contributed by atoms with Crippen LogP contribution in [0.3, 0.4) is 0 Å². The normalized spacial score (nSPS) is 11.3. The molecule has 0 unspecified atom stereocenters. The van der Waals surface area contributed by atoms with E-state index in [1.54, 1.807) is 0 Å². The first-order valence-electron chi connectivity index (χ1n) is 42.9. The molecular weight excluding hydrogens is 1620 g/mol. The van der Waals surface area contributed by atoms with Gasteiger partial charge < -0.3 is 9.13 Å². The van der Waals surface area contributed by atoms with E-state index < -0.39 is 0 Å². The number of hydrogen-bond acceptors (Lipinski definition) is 16. The molecule has 0 fully saturated rings. The van der Waals surface area contributed by atoms with Gasteiger partial charge in [0.15, 0.2) is 93.1 Å². The lowest BCUT2D eigenvalue weighted by Gasteiger charge is -2.18. The minimum atomic E-state index is 0.256. The molecular formula is C113H67N19. The smallest absolute Gasteiger partial charge is 0.194 e. The van der Waals surface area contributed by atoms with Crippen LogP contribution in [-0.4, -0.2) is 83.9 Å². The third-order valence-corrected chi connectivity index (χ3v) is 23.4. The lowest BCUT2D eigenvalue weighted by atomic mass is 9.99. The summed E-state index contributed by atoms with van der Waals surface area (Å²) in [6.45, 7) is 8.60. The second kappa shape index (κ2) is 33.6. The van der Waals surface area contributed by atoms with E-state index in [2.05, 4.69) is 98.9 Å². The molecule has 0 aliphatic heterocycles. The first kappa shape index (κ1) is 77.9. The summed E-state index contributed by atoms with van der Waals surface area (Å²) in [4.78, 5) is 83.5. The standard InChI is InChI=1S/C113H67N19/c1-115-92-50-30-29-49-85(92)80-52-58-98(132-95-61-55-83(110-124-103(75-39-19-6-20-40-75)118-104(125-110)76-41-21-7-22-42-76)67-88(95)89-68-84(56-62-96(89)132)111-126-105(77-43-23-8-24-44-77)119-106(127-111)78-45-25-9-26-46-78)91(64-80)113-129-107(79-47-27-10-28-48-79)128-112(130-113)90-63-70(69-114)51-57-97(90)131-93-59-53-81(108-120-99(71-31-11-2-12-32-71)116-100(121-108)72-33-13-3-14-34-72)65-86(93)87-66-82(54-60-94(87)131)109-122-101(73-35-15-4-16-36-73)117-102(123-109)74-37-17-5-18-38-74/h2-68H. The van der Waals surface area contributed by atoms with Crippen LogP contribution >= 0.6 is 0 Å². The SMILES string of the molecule is [C-]#[N+]c1ccccc1-c1ccc(-n2c3ccc(-c4nc(-c5ccccc5)nc(-c5ccccc5)n4)cc3c3cc(-c4nc(-c5ccccc5)nc(-c5ccccc5)n4)ccc32)c(-c2nc(-c3ccccc3)nc(-c3cc(C#N)ccc3-n3c4ccc(-c5nc(-c6ccccc6)nc(-c6ccccc6)n5)cc4c4cc(-c5nc(-c6ccccc6)nc(-c6ccccc6)n5)ccc43)n2)c1. The van der Waals surface area contributed by atoms with Gasteiger partial charge in [0, 0.05) is 105 Å². The van der Waals surface area contributed by atoms with E-state index in [0.29, 0.717) is 121 Å². The van der Waals surface area contributed by atoms with Crippen molar-refractivity contribution < 1.29 is 0 Å². The molecule has 19 heteroatoms. The highest BCUT2D eigenvalue weighted by Gasteiger charge is 2.28. The predicted octanol–water partition coefficient (Wildman–Crippen LogP) is 25.9. The molecule has 19 nitrogen and oxygen atoms in total. The average Bonchev–Trinajstić information content (AvgIpc) is 1.57. The van der Waals surface area contributed by atoms with Crippen LogP contribution in [0.15, 0.2) is 406 Å². The summed E-state index contributed by atoms with van der Waals surface area (Å²) in [5.74, 6) is 6.89. The highest BCUT2D eigenvalue weighted by Crippen LogP contribution is 2.46. The zero-order valence-corrected chi connectivity index (χ0v) is 70.2. The zero-order valence-electron chi connectivity index (χ0n) is 70.2. The molecule has 0 saturated heterocycles. The fourth-order valence-corrected chi connectivity index (χ4v) is 17.1. The molecule has 0 saturated carbocycles. The molecule has 0 bridgehead atoms. The van der Waals surface area contributed by atoms with Gasteiger partial charge in [-0.15, -0.1) is 0 Å². The van der Waals surface area contributed by atoms with Crippen molar-refractivity contribution in [3.05, 3.63) is 423 Å². The summed E-state index contributed by atoms with van der Waals surface area (Å²) in [5.41, 5.74) is 18.2. The third-order valence-electron chi connectivity index (χ3n) is 23.4. The highest BCUT2D eigenvalue weighted by atomic mass is 15.1. The Balaban J connectivity index is 0.765. The van der Waals surface area contributed by atoms with Gasteiger partial charge in [-0.3, -0.25) is 0 Å². The number of rotatable bonds is 18. The van der Waals surface area contributed by atoms with Crippen molar-refractivity contribution in [3.63, 3.8) is 0 Å². The molecule has 0 aliphatic rings. The van der Waals surface area contributed by atoms with Gasteiger partial charge in [-0.1, -0.05) is 303 Å². The van der Waals surface area contributed by atoms with Gasteiger partial charge in [-0.25, -0.2) is 79.6 Å². The Hall–Kier alpha value is -18.9. The zero-order chi connectivity index (χ0) is 88.0. The molecule has 23 rings (SSSR count). The first-order chi connectivity index (χ1) is 65.3. The maximum atomic E-state index is 11.3. The van der Waals surface area contributed by atoms with E-state index in [1.165, 1.54) is 0 Å². The monoisotopic (exact) mass is 1690 g/mol. The van der Waals surface area contributed by atoms with Crippen LogP contribution in [0, 0.1) is 17.9 Å². The fraction of sp³-hybridized carbons (Fsp3) is 0. The first-order valence-corrected chi connectivity index (χ1v) is 42.9. The molecule has 16 aromatic carbocycles. The Kier molecular flexibility index (Phi) is 19.8. The second-order valence-electron chi connectivity index (χ2n) is 31.6. The molecule has 23 aromatic rings. The summed E-state index contributed by atoms with van der Waals surface area (Å²) in [7, 11) is 0. The van der Waals surface area contributed by atoms with Crippen molar-refractivity contribution in [3.8, 4) is 199 Å². The minimum Gasteiger partial charge on any atom is -0.308 e. The van der Waals surface area contributed by atoms with Crippen LogP contribution in [0.2, 0.25) is 0 Å². The molecule has 614 valence electrons. The molecule has 7 heterocycles. The van der Waals surface area contributed by atoms with Gasteiger partial charge in [0.1, 0.15) is 0 Å². The molecule has 0 spiro atoms. The number of fused-ring (bicyclic) bond motifs is 6. The van der Waals surface area contributed by atoms with Crippen LogP contribution in [0.4, 0.5) is 5.69 Å². The Morgan fingerprint density at radius 2 is 0.402 bits per heavy atom. The van der Waals surface area contributed by atoms with E-state index in [-0.39, 0.29) is 11.6 Å². The molecule has 132 heavy (non-hydrogen) atoms. The van der Waals surface area contributed by atoms with Crippen molar-refractivity contribution in [2.24, 2.45) is 0 Å². The molecule has 7 aromatic heterocycles. The van der Waals surface area contributed by atoms with Crippen LogP contribution in [0.25, 0.3) is 242 Å². The molecule has 0 atom stereocenters. The minimum absolute atomic E-state index is 0.256.